The molecule has 0 N–H and O–H groups in total. The molecule has 2 aromatic rings. The van der Waals surface area contributed by atoms with Gasteiger partial charge in [-0.1, -0.05) is 6.42 Å². The van der Waals surface area contributed by atoms with E-state index in [1.807, 2.05) is 6.07 Å². The lowest BCUT2D eigenvalue weighted by atomic mass is 9.84. The lowest BCUT2D eigenvalue weighted by Gasteiger charge is -2.30. The van der Waals surface area contributed by atoms with E-state index >= 15 is 0 Å². The van der Waals surface area contributed by atoms with Gasteiger partial charge in [-0.05, 0) is 62.1 Å². The van der Waals surface area contributed by atoms with Gasteiger partial charge in [-0.25, -0.2) is 0 Å². The predicted molar refractivity (Wildman–Crippen MR) is 94.5 cm³/mol. The molecule has 2 aromatic heterocycles. The molecule has 0 saturated heterocycles. The van der Waals surface area contributed by atoms with Crippen LogP contribution in [-0.2, 0) is 19.4 Å². The second-order valence-electron chi connectivity index (χ2n) is 7.03. The first kappa shape index (κ1) is 15.4. The molecule has 2 aliphatic rings. The predicted octanol–water partition coefficient (Wildman–Crippen LogP) is 3.60. The average molecular weight is 324 g/mol. The molecule has 24 heavy (non-hydrogen) atoms. The first-order chi connectivity index (χ1) is 11.8. The molecule has 0 aliphatic heterocycles. The van der Waals surface area contributed by atoms with E-state index in [2.05, 4.69) is 15.6 Å². The Morgan fingerprint density at radius 1 is 1.21 bits per heavy atom. The van der Waals surface area contributed by atoms with Crippen molar-refractivity contribution in [3.8, 4) is 16.9 Å². The SMILES string of the molecule is COc1ccncc1-c1cc2c(n(CC3CCC3)c1=O)CCCC2. The molecule has 4 nitrogen and oxygen atoms in total. The Bertz CT molecular complexity index is 806. The number of aryl methyl sites for hydroxylation is 1. The molecule has 0 spiro atoms. The monoisotopic (exact) mass is 324 g/mol. The topological polar surface area (TPSA) is 44.1 Å². The molecule has 2 heterocycles. The van der Waals surface area contributed by atoms with Crippen molar-refractivity contribution in [1.29, 1.82) is 0 Å². The summed E-state index contributed by atoms with van der Waals surface area (Å²) in [6, 6.07) is 3.91. The minimum Gasteiger partial charge on any atom is -0.496 e. The Kier molecular flexibility index (Phi) is 4.13. The van der Waals surface area contributed by atoms with Gasteiger partial charge in [0, 0.05) is 30.2 Å². The normalized spacial score (nSPS) is 17.2. The van der Waals surface area contributed by atoms with Crippen molar-refractivity contribution in [3.63, 3.8) is 0 Å². The molecule has 126 valence electrons. The van der Waals surface area contributed by atoms with Crippen molar-refractivity contribution < 1.29 is 4.74 Å². The fourth-order valence-electron chi connectivity index (χ4n) is 3.96. The van der Waals surface area contributed by atoms with E-state index < -0.39 is 0 Å². The standard InChI is InChI=1S/C20H24N2O2/c1-24-19-9-10-21-12-17(19)16-11-15-7-2-3-8-18(15)22(20(16)23)13-14-5-4-6-14/h9-12,14H,2-8,13H2,1H3. The molecule has 0 amide bonds. The third-order valence-corrected chi connectivity index (χ3v) is 5.56. The first-order valence-electron chi connectivity index (χ1n) is 9.02. The molecule has 4 rings (SSSR count). The van der Waals surface area contributed by atoms with E-state index in [4.69, 9.17) is 4.74 Å². The maximum Gasteiger partial charge on any atom is 0.258 e. The fraction of sp³-hybridized carbons (Fsp3) is 0.500. The highest BCUT2D eigenvalue weighted by atomic mass is 16.5. The Morgan fingerprint density at radius 3 is 2.79 bits per heavy atom. The first-order valence-corrected chi connectivity index (χ1v) is 9.02. The highest BCUT2D eigenvalue weighted by Crippen LogP contribution is 2.32. The summed E-state index contributed by atoms with van der Waals surface area (Å²) in [4.78, 5) is 17.5. The number of fused-ring (bicyclic) bond motifs is 1. The molecule has 0 radical (unpaired) electrons. The van der Waals surface area contributed by atoms with Crippen LogP contribution in [0, 0.1) is 5.92 Å². The van der Waals surface area contributed by atoms with E-state index in [1.165, 1.54) is 43.4 Å². The maximum absolute atomic E-state index is 13.3. The number of methoxy groups -OCH3 is 1. The van der Waals surface area contributed by atoms with Crippen molar-refractivity contribution in [3.05, 3.63) is 46.1 Å². The molecule has 0 unspecified atom stereocenters. The Balaban J connectivity index is 1.88. The van der Waals surface area contributed by atoms with Crippen molar-refractivity contribution in [2.75, 3.05) is 7.11 Å². The molecular weight excluding hydrogens is 300 g/mol. The van der Waals surface area contributed by atoms with Crippen LogP contribution in [0.3, 0.4) is 0 Å². The van der Waals surface area contributed by atoms with Gasteiger partial charge < -0.3 is 9.30 Å². The van der Waals surface area contributed by atoms with Gasteiger partial charge in [0.25, 0.3) is 5.56 Å². The third-order valence-electron chi connectivity index (χ3n) is 5.56. The Morgan fingerprint density at radius 2 is 2.04 bits per heavy atom. The molecule has 1 fully saturated rings. The second kappa shape index (κ2) is 6.42. The van der Waals surface area contributed by atoms with Crippen LogP contribution in [0.2, 0.25) is 0 Å². The lowest BCUT2D eigenvalue weighted by Crippen LogP contribution is -2.32. The third kappa shape index (κ3) is 2.64. The zero-order chi connectivity index (χ0) is 16.5. The highest BCUT2D eigenvalue weighted by Gasteiger charge is 2.24. The van der Waals surface area contributed by atoms with E-state index in [0.29, 0.717) is 11.7 Å². The number of rotatable bonds is 4. The van der Waals surface area contributed by atoms with Crippen LogP contribution in [-0.4, -0.2) is 16.7 Å². The van der Waals surface area contributed by atoms with Crippen LogP contribution in [0.1, 0.15) is 43.4 Å². The highest BCUT2D eigenvalue weighted by molar-refractivity contribution is 5.69. The van der Waals surface area contributed by atoms with Crippen LogP contribution < -0.4 is 10.3 Å². The summed E-state index contributed by atoms with van der Waals surface area (Å²) in [5.74, 6) is 1.38. The average Bonchev–Trinajstić information content (AvgIpc) is 2.59. The molecule has 2 aliphatic carbocycles. The molecule has 4 heteroatoms. The van der Waals surface area contributed by atoms with Crippen LogP contribution in [0.4, 0.5) is 0 Å². The Labute approximate surface area is 142 Å². The van der Waals surface area contributed by atoms with Gasteiger partial charge in [0.2, 0.25) is 0 Å². The minimum atomic E-state index is 0.119. The summed E-state index contributed by atoms with van der Waals surface area (Å²) in [6.45, 7) is 0.873. The molecule has 0 atom stereocenters. The zero-order valence-electron chi connectivity index (χ0n) is 14.3. The second-order valence-corrected chi connectivity index (χ2v) is 7.03. The number of pyridine rings is 2. The van der Waals surface area contributed by atoms with Crippen LogP contribution in [0.15, 0.2) is 29.3 Å². The largest absolute Gasteiger partial charge is 0.496 e. The van der Waals surface area contributed by atoms with E-state index in [0.717, 1.165) is 30.5 Å². The maximum atomic E-state index is 13.3. The summed E-state index contributed by atoms with van der Waals surface area (Å²) in [5, 5.41) is 0. The van der Waals surface area contributed by atoms with Crippen LogP contribution in [0.25, 0.3) is 11.1 Å². The smallest absolute Gasteiger partial charge is 0.258 e. The summed E-state index contributed by atoms with van der Waals surface area (Å²) in [6.07, 6.45) is 11.7. The molecule has 0 bridgehead atoms. The van der Waals surface area contributed by atoms with Crippen molar-refractivity contribution in [2.45, 2.75) is 51.5 Å². The summed E-state index contributed by atoms with van der Waals surface area (Å²) < 4.78 is 7.53. The Hall–Kier alpha value is -2.10. The van der Waals surface area contributed by atoms with Crippen LogP contribution >= 0.6 is 0 Å². The van der Waals surface area contributed by atoms with Gasteiger partial charge in [-0.3, -0.25) is 9.78 Å². The molecular formula is C20H24N2O2. The van der Waals surface area contributed by atoms with Crippen molar-refractivity contribution in [2.24, 2.45) is 5.92 Å². The molecule has 0 aromatic carbocycles. The van der Waals surface area contributed by atoms with Gasteiger partial charge in [-0.15, -0.1) is 0 Å². The number of ether oxygens (including phenoxy) is 1. The van der Waals surface area contributed by atoms with Gasteiger partial charge in [-0.2, -0.15) is 0 Å². The zero-order valence-corrected chi connectivity index (χ0v) is 14.3. The van der Waals surface area contributed by atoms with Crippen molar-refractivity contribution >= 4 is 0 Å². The fourth-order valence-corrected chi connectivity index (χ4v) is 3.96. The molecule has 1 saturated carbocycles. The van der Waals surface area contributed by atoms with E-state index in [9.17, 15) is 4.79 Å². The van der Waals surface area contributed by atoms with Gasteiger partial charge in [0.1, 0.15) is 5.75 Å². The van der Waals surface area contributed by atoms with Gasteiger partial charge >= 0.3 is 0 Å². The number of hydrogen-bond acceptors (Lipinski definition) is 3. The summed E-state index contributed by atoms with van der Waals surface area (Å²) >= 11 is 0. The number of nitrogens with zero attached hydrogens (tertiary/aromatic N) is 2. The minimum absolute atomic E-state index is 0.119. The van der Waals surface area contributed by atoms with Crippen LogP contribution in [0.5, 0.6) is 5.75 Å². The number of aromatic nitrogens is 2. The van der Waals surface area contributed by atoms with Crippen molar-refractivity contribution in [1.82, 2.24) is 9.55 Å². The number of hydrogen-bond donors (Lipinski definition) is 0. The lowest BCUT2D eigenvalue weighted by molar-refractivity contribution is 0.269. The van der Waals surface area contributed by atoms with E-state index in [1.54, 1.807) is 19.5 Å². The van der Waals surface area contributed by atoms with Gasteiger partial charge in [0.15, 0.2) is 0 Å². The quantitative estimate of drug-likeness (QED) is 0.863. The van der Waals surface area contributed by atoms with Gasteiger partial charge in [0.05, 0.1) is 12.7 Å². The van der Waals surface area contributed by atoms with E-state index in [-0.39, 0.29) is 5.56 Å². The summed E-state index contributed by atoms with van der Waals surface area (Å²) in [5.41, 5.74) is 4.26. The summed E-state index contributed by atoms with van der Waals surface area (Å²) in [7, 11) is 1.64.